The highest BCUT2D eigenvalue weighted by atomic mass is 32.1. The van der Waals surface area contributed by atoms with E-state index in [-0.39, 0.29) is 11.9 Å². The number of anilines is 2. The summed E-state index contributed by atoms with van der Waals surface area (Å²) in [7, 11) is 0. The van der Waals surface area contributed by atoms with Crippen LogP contribution in [0, 0.1) is 0 Å². The van der Waals surface area contributed by atoms with E-state index in [0.29, 0.717) is 11.5 Å². The topological polar surface area (TPSA) is 84.7 Å². The first-order valence-corrected chi connectivity index (χ1v) is 8.32. The summed E-state index contributed by atoms with van der Waals surface area (Å²) in [5.41, 5.74) is 3.06. The van der Waals surface area contributed by atoms with Gasteiger partial charge in [0, 0.05) is 11.4 Å². The number of amides is 1. The van der Waals surface area contributed by atoms with E-state index in [4.69, 9.17) is 0 Å². The standard InChI is InChI=1S/C16H14N6OS/c1-10-13(15(23)18-12-5-3-2-4-6-12)14(11-7-8-24-9-11)22-16(17-10)19-20-21-22/h2-9,14H,1H3,(H,18,23)(H,17,19,21)/t14-/m1/s1. The number of carbonyl (C=O) groups excluding carboxylic acids is 1. The molecule has 3 heterocycles. The van der Waals surface area contributed by atoms with Crippen LogP contribution in [0.3, 0.4) is 0 Å². The summed E-state index contributed by atoms with van der Waals surface area (Å²) >= 11 is 1.57. The second kappa shape index (κ2) is 5.89. The molecule has 1 aliphatic heterocycles. The third-order valence-corrected chi connectivity index (χ3v) is 4.55. The lowest BCUT2D eigenvalue weighted by Gasteiger charge is -2.27. The third-order valence-electron chi connectivity index (χ3n) is 3.85. The van der Waals surface area contributed by atoms with Crippen molar-refractivity contribution in [3.63, 3.8) is 0 Å². The molecule has 0 saturated heterocycles. The molecule has 2 N–H and O–H groups in total. The molecule has 7 nitrogen and oxygen atoms in total. The van der Waals surface area contributed by atoms with Crippen molar-refractivity contribution in [1.29, 1.82) is 0 Å². The summed E-state index contributed by atoms with van der Waals surface area (Å²) in [5, 5.41) is 21.8. The van der Waals surface area contributed by atoms with Crippen molar-refractivity contribution >= 4 is 28.9 Å². The van der Waals surface area contributed by atoms with E-state index in [1.54, 1.807) is 16.0 Å². The molecule has 0 unspecified atom stereocenters. The van der Waals surface area contributed by atoms with E-state index >= 15 is 0 Å². The number of aromatic nitrogens is 4. The number of hydrogen-bond acceptors (Lipinski definition) is 6. The molecule has 120 valence electrons. The fourth-order valence-electron chi connectivity index (χ4n) is 2.77. The normalized spacial score (nSPS) is 16.5. The Hall–Kier alpha value is -3.00. The molecule has 3 aromatic rings. The van der Waals surface area contributed by atoms with Gasteiger partial charge in [0.2, 0.25) is 5.95 Å². The Morgan fingerprint density at radius 2 is 2.12 bits per heavy atom. The van der Waals surface area contributed by atoms with E-state index in [1.807, 2.05) is 54.1 Å². The maximum atomic E-state index is 12.9. The average molecular weight is 338 g/mol. The van der Waals surface area contributed by atoms with Gasteiger partial charge in [-0.25, -0.2) is 0 Å². The van der Waals surface area contributed by atoms with Crippen molar-refractivity contribution < 1.29 is 4.79 Å². The molecule has 0 radical (unpaired) electrons. The molecule has 4 rings (SSSR count). The molecular weight excluding hydrogens is 324 g/mol. The number of rotatable bonds is 3. The number of thiophene rings is 1. The smallest absolute Gasteiger partial charge is 0.255 e. The van der Waals surface area contributed by atoms with Gasteiger partial charge in [-0.3, -0.25) is 4.79 Å². The van der Waals surface area contributed by atoms with Gasteiger partial charge in [-0.05, 0) is 51.9 Å². The highest BCUT2D eigenvalue weighted by Crippen LogP contribution is 2.35. The van der Waals surface area contributed by atoms with Crippen LogP contribution in [-0.2, 0) is 4.79 Å². The molecule has 2 aromatic heterocycles. The summed E-state index contributed by atoms with van der Waals surface area (Å²) in [6.07, 6.45) is 0. The predicted molar refractivity (Wildman–Crippen MR) is 91.7 cm³/mol. The Balaban J connectivity index is 1.75. The fraction of sp³-hybridized carbons (Fsp3) is 0.125. The summed E-state index contributed by atoms with van der Waals surface area (Å²) in [6.45, 7) is 1.86. The van der Waals surface area contributed by atoms with E-state index < -0.39 is 0 Å². The Bertz CT molecular complexity index is 900. The lowest BCUT2D eigenvalue weighted by molar-refractivity contribution is -0.113. The van der Waals surface area contributed by atoms with Crippen molar-refractivity contribution in [2.75, 3.05) is 10.6 Å². The van der Waals surface area contributed by atoms with E-state index in [1.165, 1.54) is 0 Å². The Kier molecular flexibility index (Phi) is 3.58. The van der Waals surface area contributed by atoms with Crippen LogP contribution in [0.5, 0.6) is 0 Å². The van der Waals surface area contributed by atoms with Gasteiger partial charge >= 0.3 is 0 Å². The van der Waals surface area contributed by atoms with Gasteiger partial charge in [-0.15, -0.1) is 0 Å². The first-order valence-electron chi connectivity index (χ1n) is 7.38. The second-order valence-electron chi connectivity index (χ2n) is 5.39. The number of benzene rings is 1. The molecule has 0 bridgehead atoms. The van der Waals surface area contributed by atoms with Crippen molar-refractivity contribution in [1.82, 2.24) is 20.2 Å². The molecule has 1 aliphatic rings. The molecule has 1 atom stereocenters. The molecule has 24 heavy (non-hydrogen) atoms. The zero-order valence-corrected chi connectivity index (χ0v) is 13.6. The van der Waals surface area contributed by atoms with Crippen molar-refractivity contribution in [3.8, 4) is 0 Å². The largest absolute Gasteiger partial charge is 0.326 e. The summed E-state index contributed by atoms with van der Waals surface area (Å²) < 4.78 is 1.63. The summed E-state index contributed by atoms with van der Waals surface area (Å²) in [6, 6.07) is 11.0. The minimum Gasteiger partial charge on any atom is -0.326 e. The highest BCUT2D eigenvalue weighted by molar-refractivity contribution is 7.08. The molecule has 0 saturated carbocycles. The maximum Gasteiger partial charge on any atom is 0.255 e. The Morgan fingerprint density at radius 1 is 1.29 bits per heavy atom. The zero-order valence-electron chi connectivity index (χ0n) is 12.8. The molecule has 8 heteroatoms. The number of allylic oxidation sites excluding steroid dienone is 1. The van der Waals surface area contributed by atoms with Crippen LogP contribution in [0.1, 0.15) is 18.5 Å². The van der Waals surface area contributed by atoms with Crippen molar-refractivity contribution in [3.05, 3.63) is 64.0 Å². The Labute approximate surface area is 142 Å². The van der Waals surface area contributed by atoms with E-state index in [0.717, 1.165) is 16.9 Å². The van der Waals surface area contributed by atoms with Crippen molar-refractivity contribution in [2.24, 2.45) is 0 Å². The van der Waals surface area contributed by atoms with Crippen LogP contribution < -0.4 is 10.6 Å². The van der Waals surface area contributed by atoms with Gasteiger partial charge in [0.1, 0.15) is 6.04 Å². The van der Waals surface area contributed by atoms with E-state index in [2.05, 4.69) is 26.2 Å². The van der Waals surface area contributed by atoms with Crippen LogP contribution in [0.25, 0.3) is 0 Å². The minimum atomic E-state index is -0.355. The molecule has 1 amide bonds. The molecular formula is C16H14N6OS. The lowest BCUT2D eigenvalue weighted by atomic mass is 9.97. The van der Waals surface area contributed by atoms with Crippen LogP contribution in [0.2, 0.25) is 0 Å². The number of carbonyl (C=O) groups is 1. The number of tetrazole rings is 1. The van der Waals surface area contributed by atoms with Crippen LogP contribution in [-0.4, -0.2) is 26.1 Å². The molecule has 0 fully saturated rings. The average Bonchev–Trinajstić information content (AvgIpc) is 3.25. The second-order valence-corrected chi connectivity index (χ2v) is 6.17. The number of nitrogens with one attached hydrogen (secondary N) is 2. The van der Waals surface area contributed by atoms with Gasteiger partial charge in [0.05, 0.1) is 5.57 Å². The fourth-order valence-corrected chi connectivity index (χ4v) is 3.44. The van der Waals surface area contributed by atoms with Gasteiger partial charge in [-0.2, -0.15) is 16.0 Å². The zero-order chi connectivity index (χ0) is 16.5. The quantitative estimate of drug-likeness (QED) is 0.767. The maximum absolute atomic E-state index is 12.9. The monoisotopic (exact) mass is 338 g/mol. The lowest BCUT2D eigenvalue weighted by Crippen LogP contribution is -2.31. The molecule has 0 aliphatic carbocycles. The summed E-state index contributed by atoms with van der Waals surface area (Å²) in [4.78, 5) is 12.9. The first kappa shape index (κ1) is 14.6. The number of hydrogen-bond donors (Lipinski definition) is 2. The number of para-hydroxylation sites is 1. The van der Waals surface area contributed by atoms with Crippen LogP contribution in [0.15, 0.2) is 58.4 Å². The van der Waals surface area contributed by atoms with E-state index in [9.17, 15) is 4.79 Å². The third kappa shape index (κ3) is 2.46. The van der Waals surface area contributed by atoms with Crippen LogP contribution in [0.4, 0.5) is 11.6 Å². The SMILES string of the molecule is CC1=C(C(=O)Nc2ccccc2)[C@@H](c2ccsc2)n2nnnc2N1. The first-order chi connectivity index (χ1) is 11.7. The van der Waals surface area contributed by atoms with Gasteiger partial charge < -0.3 is 10.6 Å². The van der Waals surface area contributed by atoms with Gasteiger partial charge in [0.25, 0.3) is 5.91 Å². The van der Waals surface area contributed by atoms with Gasteiger partial charge in [-0.1, -0.05) is 23.3 Å². The minimum absolute atomic E-state index is 0.177. The van der Waals surface area contributed by atoms with Crippen LogP contribution >= 0.6 is 11.3 Å². The summed E-state index contributed by atoms with van der Waals surface area (Å²) in [5.74, 6) is 0.350. The predicted octanol–water partition coefficient (Wildman–Crippen LogP) is 2.66. The van der Waals surface area contributed by atoms with Crippen molar-refractivity contribution in [2.45, 2.75) is 13.0 Å². The Morgan fingerprint density at radius 3 is 2.88 bits per heavy atom. The number of nitrogens with zero attached hydrogens (tertiary/aromatic N) is 4. The molecule has 1 aromatic carbocycles. The van der Waals surface area contributed by atoms with Gasteiger partial charge in [0.15, 0.2) is 0 Å². The number of fused-ring (bicyclic) bond motifs is 1. The molecule has 0 spiro atoms. The highest BCUT2D eigenvalue weighted by Gasteiger charge is 2.34.